The first-order valence-corrected chi connectivity index (χ1v) is 6.75. The number of hydrogen-bond acceptors (Lipinski definition) is 1. The van der Waals surface area contributed by atoms with Gasteiger partial charge in [-0.15, -0.1) is 0 Å². The molecule has 0 saturated heterocycles. The Bertz CT molecular complexity index is 606. The lowest BCUT2D eigenvalue weighted by molar-refractivity contribution is -0.119. The third kappa shape index (κ3) is 1.67. The van der Waals surface area contributed by atoms with Crippen LogP contribution in [0.2, 0.25) is 0 Å². The van der Waals surface area contributed by atoms with Gasteiger partial charge < -0.3 is 5.32 Å². The minimum atomic E-state index is -0.521. The first-order chi connectivity index (χ1) is 9.29. The van der Waals surface area contributed by atoms with E-state index in [9.17, 15) is 4.79 Å². The van der Waals surface area contributed by atoms with Gasteiger partial charge in [-0.3, -0.25) is 4.79 Å². The van der Waals surface area contributed by atoms with Crippen LogP contribution in [0.15, 0.2) is 54.6 Å². The maximum Gasteiger partial charge on any atom is 0.239 e. The Balaban J connectivity index is 2.24. The van der Waals surface area contributed by atoms with Crippen LogP contribution in [0.1, 0.15) is 30.9 Å². The first-order valence-electron chi connectivity index (χ1n) is 6.75. The van der Waals surface area contributed by atoms with Gasteiger partial charge in [0.05, 0.1) is 0 Å². The fourth-order valence-corrected chi connectivity index (χ4v) is 3.09. The molecule has 0 saturated carbocycles. The highest BCUT2D eigenvalue weighted by molar-refractivity contribution is 6.08. The van der Waals surface area contributed by atoms with Crippen molar-refractivity contribution in [1.29, 1.82) is 0 Å². The van der Waals surface area contributed by atoms with Gasteiger partial charge in [-0.25, -0.2) is 0 Å². The van der Waals surface area contributed by atoms with Crippen molar-refractivity contribution in [1.82, 2.24) is 0 Å². The molecule has 1 aliphatic rings. The number of fused-ring (bicyclic) bond motifs is 1. The predicted octanol–water partition coefficient (Wildman–Crippen LogP) is 3.72. The maximum absolute atomic E-state index is 12.6. The second-order valence-electron chi connectivity index (χ2n) is 5.02. The van der Waals surface area contributed by atoms with Gasteiger partial charge in [0.1, 0.15) is 5.41 Å². The predicted molar refractivity (Wildman–Crippen MR) is 77.2 cm³/mol. The van der Waals surface area contributed by atoms with Gasteiger partial charge in [-0.2, -0.15) is 0 Å². The molecule has 96 valence electrons. The summed E-state index contributed by atoms with van der Waals surface area (Å²) in [4.78, 5) is 12.6. The largest absolute Gasteiger partial charge is 0.325 e. The van der Waals surface area contributed by atoms with Crippen molar-refractivity contribution >= 4 is 11.6 Å². The molecule has 0 aromatic heterocycles. The molecule has 2 heteroatoms. The van der Waals surface area contributed by atoms with Gasteiger partial charge in [0.15, 0.2) is 0 Å². The van der Waals surface area contributed by atoms with Crippen LogP contribution in [0.4, 0.5) is 5.69 Å². The van der Waals surface area contributed by atoms with Gasteiger partial charge in [-0.1, -0.05) is 61.9 Å². The summed E-state index contributed by atoms with van der Waals surface area (Å²) in [5.74, 6) is 0.0988. The smallest absolute Gasteiger partial charge is 0.239 e. The van der Waals surface area contributed by atoms with Crippen molar-refractivity contribution in [3.63, 3.8) is 0 Å². The molecule has 0 fully saturated rings. The Labute approximate surface area is 113 Å². The number of amides is 1. The van der Waals surface area contributed by atoms with E-state index in [0.717, 1.165) is 29.7 Å². The molecule has 1 heterocycles. The first kappa shape index (κ1) is 12.0. The molecule has 3 rings (SSSR count). The second kappa shape index (κ2) is 4.54. The molecule has 0 aliphatic carbocycles. The number of nitrogens with one attached hydrogen (secondary N) is 1. The number of para-hydroxylation sites is 1. The van der Waals surface area contributed by atoms with Crippen LogP contribution in [0, 0.1) is 0 Å². The summed E-state index contributed by atoms with van der Waals surface area (Å²) in [6.45, 7) is 2.12. The average Bonchev–Trinajstić information content (AvgIpc) is 2.74. The van der Waals surface area contributed by atoms with Crippen molar-refractivity contribution in [2.45, 2.75) is 25.2 Å². The number of benzene rings is 2. The van der Waals surface area contributed by atoms with Crippen LogP contribution in [0.25, 0.3) is 0 Å². The number of hydrogen-bond donors (Lipinski definition) is 1. The molecule has 1 N–H and O–H groups in total. The fourth-order valence-electron chi connectivity index (χ4n) is 3.09. The van der Waals surface area contributed by atoms with Crippen LogP contribution in [-0.2, 0) is 10.2 Å². The molecule has 0 spiro atoms. The molecule has 2 aromatic carbocycles. The highest BCUT2D eigenvalue weighted by Crippen LogP contribution is 2.45. The summed E-state index contributed by atoms with van der Waals surface area (Å²) in [7, 11) is 0. The molecule has 1 atom stereocenters. The van der Waals surface area contributed by atoms with Gasteiger partial charge in [0.2, 0.25) is 5.91 Å². The van der Waals surface area contributed by atoms with E-state index in [0.29, 0.717) is 0 Å². The minimum Gasteiger partial charge on any atom is -0.325 e. The van der Waals surface area contributed by atoms with E-state index in [1.54, 1.807) is 0 Å². The Morgan fingerprint density at radius 1 is 1.00 bits per heavy atom. The third-order valence-electron chi connectivity index (χ3n) is 3.91. The number of carbonyl (C=O) groups is 1. The van der Waals surface area contributed by atoms with Crippen LogP contribution in [0.5, 0.6) is 0 Å². The van der Waals surface area contributed by atoms with Crippen molar-refractivity contribution in [3.8, 4) is 0 Å². The fraction of sp³-hybridized carbons (Fsp3) is 0.235. The highest BCUT2D eigenvalue weighted by Gasteiger charge is 2.46. The third-order valence-corrected chi connectivity index (χ3v) is 3.91. The number of carbonyl (C=O) groups excluding carboxylic acids is 1. The molecule has 2 nitrogen and oxygen atoms in total. The average molecular weight is 251 g/mol. The number of rotatable bonds is 3. The van der Waals surface area contributed by atoms with E-state index in [-0.39, 0.29) is 5.91 Å². The van der Waals surface area contributed by atoms with Crippen LogP contribution >= 0.6 is 0 Å². The zero-order valence-corrected chi connectivity index (χ0v) is 11.0. The van der Waals surface area contributed by atoms with Gasteiger partial charge in [-0.05, 0) is 23.6 Å². The van der Waals surface area contributed by atoms with Crippen LogP contribution in [0.3, 0.4) is 0 Å². The van der Waals surface area contributed by atoms with Crippen LogP contribution < -0.4 is 5.32 Å². The monoisotopic (exact) mass is 251 g/mol. The summed E-state index contributed by atoms with van der Waals surface area (Å²) in [5, 5.41) is 3.03. The lowest BCUT2D eigenvalue weighted by atomic mass is 9.72. The Morgan fingerprint density at radius 2 is 1.68 bits per heavy atom. The Hall–Kier alpha value is -2.09. The molecule has 1 amide bonds. The molecule has 2 aromatic rings. The molecular formula is C17H17NO. The van der Waals surface area contributed by atoms with Crippen molar-refractivity contribution < 1.29 is 4.79 Å². The summed E-state index contributed by atoms with van der Waals surface area (Å²) in [6.07, 6.45) is 1.80. The van der Waals surface area contributed by atoms with Crippen LogP contribution in [-0.4, -0.2) is 5.91 Å². The van der Waals surface area contributed by atoms with Crippen molar-refractivity contribution in [2.75, 3.05) is 5.32 Å². The summed E-state index contributed by atoms with van der Waals surface area (Å²) in [5.41, 5.74) is 2.62. The summed E-state index contributed by atoms with van der Waals surface area (Å²) in [6, 6.07) is 18.1. The zero-order chi connectivity index (χ0) is 13.3. The van der Waals surface area contributed by atoms with Gasteiger partial charge in [0, 0.05) is 5.69 Å². The standard InChI is InChI=1S/C17H17NO/c1-2-12-17(13-8-4-3-5-9-13)14-10-6-7-11-15(14)18-16(17)19/h3-11H,2,12H2,1H3,(H,18,19). The quantitative estimate of drug-likeness (QED) is 0.885. The minimum absolute atomic E-state index is 0.0988. The van der Waals surface area contributed by atoms with E-state index in [1.165, 1.54) is 0 Å². The lowest BCUT2D eigenvalue weighted by Gasteiger charge is -2.27. The van der Waals surface area contributed by atoms with E-state index < -0.39 is 5.41 Å². The molecule has 0 bridgehead atoms. The van der Waals surface area contributed by atoms with E-state index in [4.69, 9.17) is 0 Å². The van der Waals surface area contributed by atoms with E-state index in [2.05, 4.69) is 30.4 Å². The molecule has 0 radical (unpaired) electrons. The van der Waals surface area contributed by atoms with Gasteiger partial charge >= 0.3 is 0 Å². The topological polar surface area (TPSA) is 29.1 Å². The SMILES string of the molecule is CCCC1(c2ccccc2)C(=O)Nc2ccccc21. The molecule has 1 unspecified atom stereocenters. The Kier molecular flexibility index (Phi) is 2.86. The van der Waals surface area contributed by atoms with Crippen molar-refractivity contribution in [2.24, 2.45) is 0 Å². The van der Waals surface area contributed by atoms with E-state index >= 15 is 0 Å². The summed E-state index contributed by atoms with van der Waals surface area (Å²) >= 11 is 0. The second-order valence-corrected chi connectivity index (χ2v) is 5.02. The molecule has 19 heavy (non-hydrogen) atoms. The molecular weight excluding hydrogens is 234 g/mol. The van der Waals surface area contributed by atoms with Crippen molar-refractivity contribution in [3.05, 3.63) is 65.7 Å². The van der Waals surface area contributed by atoms with Gasteiger partial charge in [0.25, 0.3) is 0 Å². The summed E-state index contributed by atoms with van der Waals surface area (Å²) < 4.78 is 0. The molecule has 1 aliphatic heterocycles. The maximum atomic E-state index is 12.6. The highest BCUT2D eigenvalue weighted by atomic mass is 16.2. The van der Waals surface area contributed by atoms with E-state index in [1.807, 2.05) is 36.4 Å². The normalized spacial score (nSPS) is 21.0. The number of anilines is 1. The lowest BCUT2D eigenvalue weighted by Crippen LogP contribution is -2.35. The zero-order valence-electron chi connectivity index (χ0n) is 11.0. The Morgan fingerprint density at radius 3 is 2.42 bits per heavy atom.